The Hall–Kier alpha value is -2.87. The lowest BCUT2D eigenvalue weighted by Crippen LogP contribution is -2.58. The van der Waals surface area contributed by atoms with E-state index >= 15 is 0 Å². The molecule has 7 nitrogen and oxygen atoms in total. The zero-order chi connectivity index (χ0) is 23.5. The van der Waals surface area contributed by atoms with Gasteiger partial charge in [0.05, 0.1) is 5.69 Å². The molecule has 1 atom stereocenters. The van der Waals surface area contributed by atoms with E-state index in [0.717, 1.165) is 61.6 Å². The molecule has 0 aliphatic carbocycles. The van der Waals surface area contributed by atoms with Gasteiger partial charge in [-0.15, -0.1) is 11.3 Å². The first-order chi connectivity index (χ1) is 16.7. The Morgan fingerprint density at radius 2 is 1.97 bits per heavy atom. The summed E-state index contributed by atoms with van der Waals surface area (Å²) < 4.78 is 0. The number of hydrazone groups is 1. The van der Waals surface area contributed by atoms with Crippen molar-refractivity contribution in [1.29, 1.82) is 0 Å². The van der Waals surface area contributed by atoms with Crippen LogP contribution in [0.5, 0.6) is 0 Å². The minimum Gasteiger partial charge on any atom is -0.343 e. The molecule has 34 heavy (non-hydrogen) atoms. The van der Waals surface area contributed by atoms with Crippen LogP contribution < -0.4 is 10.3 Å². The number of fused-ring (bicyclic) bond motifs is 3. The Morgan fingerprint density at radius 1 is 1.18 bits per heavy atom. The van der Waals surface area contributed by atoms with Crippen LogP contribution >= 0.6 is 11.3 Å². The summed E-state index contributed by atoms with van der Waals surface area (Å²) in [5.74, 6) is 1.75. The fraction of sp³-hybridized carbons (Fsp3) is 0.500. The van der Waals surface area contributed by atoms with Gasteiger partial charge in [-0.3, -0.25) is 24.8 Å². The van der Waals surface area contributed by atoms with Crippen molar-refractivity contribution in [2.24, 2.45) is 11.0 Å². The molecule has 5 rings (SSSR count). The highest BCUT2D eigenvalue weighted by Gasteiger charge is 2.43. The number of nitrogens with one attached hydrogen (secondary N) is 1. The van der Waals surface area contributed by atoms with Crippen molar-refractivity contribution in [2.75, 3.05) is 24.5 Å². The number of thiophene rings is 1. The summed E-state index contributed by atoms with van der Waals surface area (Å²) in [6, 6.07) is 12.6. The van der Waals surface area contributed by atoms with Crippen LogP contribution in [0.15, 0.2) is 46.9 Å². The van der Waals surface area contributed by atoms with Gasteiger partial charge in [-0.2, -0.15) is 5.10 Å². The van der Waals surface area contributed by atoms with Crippen LogP contribution in [-0.2, 0) is 11.2 Å². The van der Waals surface area contributed by atoms with Crippen molar-refractivity contribution in [2.45, 2.75) is 58.2 Å². The minimum atomic E-state index is -0.292. The Kier molecular flexibility index (Phi) is 6.85. The maximum Gasteiger partial charge on any atom is 0.269 e. The molecule has 1 fully saturated rings. The fourth-order valence-corrected chi connectivity index (χ4v) is 6.04. The van der Waals surface area contributed by atoms with Crippen molar-refractivity contribution in [3.8, 4) is 0 Å². The number of anilines is 1. The molecular weight excluding hydrogens is 446 g/mol. The predicted molar refractivity (Wildman–Crippen MR) is 136 cm³/mol. The summed E-state index contributed by atoms with van der Waals surface area (Å²) >= 11 is 1.48. The monoisotopic (exact) mass is 479 g/mol. The number of hydrogen-bond acceptors (Lipinski definition) is 6. The van der Waals surface area contributed by atoms with Crippen molar-refractivity contribution >= 4 is 34.7 Å². The summed E-state index contributed by atoms with van der Waals surface area (Å²) in [4.78, 5) is 32.8. The maximum atomic E-state index is 13.0. The summed E-state index contributed by atoms with van der Waals surface area (Å²) in [5, 5.41) is 6.52. The summed E-state index contributed by atoms with van der Waals surface area (Å²) in [6.07, 6.45) is 5.91. The summed E-state index contributed by atoms with van der Waals surface area (Å²) in [5.41, 5.74) is 5.45. The lowest BCUT2D eigenvalue weighted by atomic mass is 9.90. The van der Waals surface area contributed by atoms with E-state index in [2.05, 4.69) is 52.7 Å². The average Bonchev–Trinajstić information content (AvgIpc) is 3.51. The molecule has 1 N–H and O–H groups in total. The second-order valence-corrected chi connectivity index (χ2v) is 10.3. The number of carbonyl (C=O) groups excluding carboxylic acids is 2. The third-order valence-corrected chi connectivity index (χ3v) is 8.03. The zero-order valence-corrected chi connectivity index (χ0v) is 20.6. The molecule has 2 amide bonds. The van der Waals surface area contributed by atoms with Crippen LogP contribution in [-0.4, -0.2) is 53.4 Å². The topological polar surface area (TPSA) is 68.2 Å². The van der Waals surface area contributed by atoms with Crippen molar-refractivity contribution in [3.05, 3.63) is 52.2 Å². The van der Waals surface area contributed by atoms with Gasteiger partial charge >= 0.3 is 0 Å². The van der Waals surface area contributed by atoms with E-state index in [4.69, 9.17) is 0 Å². The number of piperidine rings is 1. The highest BCUT2D eigenvalue weighted by Crippen LogP contribution is 2.37. The van der Waals surface area contributed by atoms with Crippen LogP contribution in [0.4, 0.5) is 5.69 Å². The number of likely N-dealkylation sites (tertiary alicyclic amines) is 1. The SMILES string of the molecule is CCCCN1C(=O)c2sccc2N2C(CCC(=O)N3CCC(Cc4ccccc4)CC3)=NNC12. The normalized spacial score (nSPS) is 20.1. The highest BCUT2D eigenvalue weighted by molar-refractivity contribution is 7.12. The van der Waals surface area contributed by atoms with Crippen LogP contribution in [0, 0.1) is 5.92 Å². The molecular formula is C26H33N5O2S. The number of rotatable bonds is 8. The number of amides is 2. The molecule has 0 bridgehead atoms. The molecule has 0 spiro atoms. The number of amidine groups is 1. The molecule has 0 saturated carbocycles. The van der Waals surface area contributed by atoms with E-state index in [1.807, 2.05) is 21.2 Å². The van der Waals surface area contributed by atoms with Crippen LogP contribution in [0.25, 0.3) is 0 Å². The largest absolute Gasteiger partial charge is 0.343 e. The van der Waals surface area contributed by atoms with Gasteiger partial charge in [0.15, 0.2) is 0 Å². The van der Waals surface area contributed by atoms with Gasteiger partial charge in [0, 0.05) is 32.5 Å². The molecule has 0 radical (unpaired) electrons. The zero-order valence-electron chi connectivity index (χ0n) is 19.8. The van der Waals surface area contributed by atoms with Crippen molar-refractivity contribution in [1.82, 2.24) is 15.2 Å². The number of nitrogens with zero attached hydrogens (tertiary/aromatic N) is 4. The quantitative estimate of drug-likeness (QED) is 0.614. The third-order valence-electron chi connectivity index (χ3n) is 7.14. The van der Waals surface area contributed by atoms with Gasteiger partial charge in [-0.1, -0.05) is 43.7 Å². The van der Waals surface area contributed by atoms with Crippen molar-refractivity contribution < 1.29 is 9.59 Å². The molecule has 1 aromatic carbocycles. The van der Waals surface area contributed by atoms with E-state index in [1.165, 1.54) is 16.9 Å². The molecule has 2 aromatic rings. The van der Waals surface area contributed by atoms with Crippen LogP contribution in [0.3, 0.4) is 0 Å². The Bertz CT molecular complexity index is 1040. The Labute approximate surface area is 205 Å². The summed E-state index contributed by atoms with van der Waals surface area (Å²) in [7, 11) is 0. The number of hydrogen-bond donors (Lipinski definition) is 1. The second kappa shape index (κ2) is 10.2. The molecule has 1 saturated heterocycles. The van der Waals surface area contributed by atoms with Gasteiger partial charge in [-0.25, -0.2) is 0 Å². The lowest BCUT2D eigenvalue weighted by Gasteiger charge is -2.39. The maximum absolute atomic E-state index is 13.0. The van der Waals surface area contributed by atoms with E-state index < -0.39 is 0 Å². The lowest BCUT2D eigenvalue weighted by molar-refractivity contribution is -0.132. The molecule has 4 heterocycles. The molecule has 1 unspecified atom stereocenters. The first-order valence-electron chi connectivity index (χ1n) is 12.5. The van der Waals surface area contributed by atoms with E-state index in [0.29, 0.717) is 25.3 Å². The Morgan fingerprint density at radius 3 is 2.74 bits per heavy atom. The van der Waals surface area contributed by atoms with Gasteiger partial charge in [-0.05, 0) is 48.6 Å². The third kappa shape index (κ3) is 4.56. The average molecular weight is 480 g/mol. The minimum absolute atomic E-state index is 0.0677. The molecule has 3 aliphatic heterocycles. The Balaban J connectivity index is 1.16. The van der Waals surface area contributed by atoms with Gasteiger partial charge in [0.25, 0.3) is 5.91 Å². The first kappa shape index (κ1) is 22.9. The first-order valence-corrected chi connectivity index (χ1v) is 13.3. The fourth-order valence-electron chi connectivity index (χ4n) is 5.20. The molecule has 1 aromatic heterocycles. The highest BCUT2D eigenvalue weighted by atomic mass is 32.1. The standard InChI is InChI=1S/C26H33N5O2S/c1-2-3-14-30-25(33)24-21(13-17-34-24)31-22(27-28-26(30)31)9-10-23(32)29-15-11-20(12-16-29)18-19-7-5-4-6-8-19/h4-8,13,17,20,26,28H,2-3,9-12,14-16,18H2,1H3. The number of unbranched alkanes of at least 4 members (excludes halogenated alkanes) is 1. The summed E-state index contributed by atoms with van der Waals surface area (Å²) in [6.45, 7) is 4.49. The van der Waals surface area contributed by atoms with Crippen LogP contribution in [0.1, 0.15) is 60.7 Å². The molecule has 3 aliphatic rings. The van der Waals surface area contributed by atoms with Gasteiger partial charge in [0.2, 0.25) is 12.2 Å². The van der Waals surface area contributed by atoms with Crippen LogP contribution in [0.2, 0.25) is 0 Å². The smallest absolute Gasteiger partial charge is 0.269 e. The van der Waals surface area contributed by atoms with Gasteiger partial charge in [0.1, 0.15) is 10.7 Å². The molecule has 180 valence electrons. The number of carbonyl (C=O) groups is 2. The van der Waals surface area contributed by atoms with Gasteiger partial charge < -0.3 is 4.90 Å². The van der Waals surface area contributed by atoms with E-state index in [1.54, 1.807) is 0 Å². The van der Waals surface area contributed by atoms with E-state index in [9.17, 15) is 9.59 Å². The molecule has 8 heteroatoms. The second-order valence-electron chi connectivity index (χ2n) is 9.40. The number of benzene rings is 1. The van der Waals surface area contributed by atoms with E-state index in [-0.39, 0.29) is 18.1 Å². The predicted octanol–water partition coefficient (Wildman–Crippen LogP) is 4.27. The van der Waals surface area contributed by atoms with Crippen molar-refractivity contribution in [3.63, 3.8) is 0 Å².